The zero-order chi connectivity index (χ0) is 15.2. The largest absolute Gasteiger partial charge is 0.483 e. The number of carboxylic acids is 1. The summed E-state index contributed by atoms with van der Waals surface area (Å²) in [5.74, 6) is -0.740. The van der Waals surface area contributed by atoms with Crippen molar-refractivity contribution in [3.05, 3.63) is 27.3 Å². The summed E-state index contributed by atoms with van der Waals surface area (Å²) in [6.45, 7) is -0.0877. The minimum atomic E-state index is -1.01. The van der Waals surface area contributed by atoms with E-state index in [1.165, 1.54) is 18.6 Å². The first-order valence-electron chi connectivity index (χ1n) is 7.01. The Morgan fingerprint density at radius 3 is 2.67 bits per heavy atom. The molecule has 0 atom stereocenters. The summed E-state index contributed by atoms with van der Waals surface area (Å²) in [7, 11) is 0. The van der Waals surface area contributed by atoms with Crippen LogP contribution in [0.1, 0.15) is 42.5 Å². The predicted molar refractivity (Wildman–Crippen MR) is 86.6 cm³/mol. The van der Waals surface area contributed by atoms with Crippen LogP contribution in [0.2, 0.25) is 0 Å². The molecule has 1 aromatic rings. The molecule has 0 saturated heterocycles. The molecule has 1 aromatic carbocycles. The highest BCUT2D eigenvalue weighted by molar-refractivity contribution is 14.1. The average molecular weight is 403 g/mol. The van der Waals surface area contributed by atoms with E-state index in [9.17, 15) is 9.59 Å². The van der Waals surface area contributed by atoms with Gasteiger partial charge in [-0.05, 0) is 53.6 Å². The molecule has 1 fully saturated rings. The highest BCUT2D eigenvalue weighted by Gasteiger charge is 2.16. The van der Waals surface area contributed by atoms with Gasteiger partial charge in [-0.15, -0.1) is 0 Å². The van der Waals surface area contributed by atoms with Gasteiger partial charge in [-0.2, -0.15) is 0 Å². The Labute approximate surface area is 137 Å². The lowest BCUT2D eigenvalue weighted by Gasteiger charge is -2.22. The van der Waals surface area contributed by atoms with Crippen molar-refractivity contribution in [2.75, 3.05) is 6.61 Å². The molecule has 0 spiro atoms. The van der Waals surface area contributed by atoms with Gasteiger partial charge in [0, 0.05) is 6.04 Å². The topological polar surface area (TPSA) is 75.6 Å². The van der Waals surface area contributed by atoms with E-state index in [1.54, 1.807) is 6.07 Å². The van der Waals surface area contributed by atoms with E-state index in [2.05, 4.69) is 27.9 Å². The third-order valence-electron chi connectivity index (χ3n) is 3.51. The molecule has 0 heterocycles. The average Bonchev–Trinajstić information content (AvgIpc) is 2.47. The molecular weight excluding hydrogens is 385 g/mol. The molecule has 0 radical (unpaired) electrons. The molecular formula is C15H18INO4. The monoisotopic (exact) mass is 403 g/mol. The van der Waals surface area contributed by atoms with Gasteiger partial charge in [0.15, 0.2) is 6.61 Å². The number of ether oxygens (including phenoxy) is 1. The molecule has 5 nitrogen and oxygen atoms in total. The van der Waals surface area contributed by atoms with E-state index >= 15 is 0 Å². The second-order valence-corrected chi connectivity index (χ2v) is 6.30. The van der Waals surface area contributed by atoms with Crippen LogP contribution in [0.25, 0.3) is 0 Å². The van der Waals surface area contributed by atoms with E-state index in [-0.39, 0.29) is 24.1 Å². The first-order valence-corrected chi connectivity index (χ1v) is 8.09. The number of carbonyl (C=O) groups is 2. The zero-order valence-electron chi connectivity index (χ0n) is 11.6. The number of benzene rings is 1. The number of amides is 1. The van der Waals surface area contributed by atoms with Crippen LogP contribution in [0.15, 0.2) is 18.2 Å². The number of hydrogen-bond donors (Lipinski definition) is 2. The summed E-state index contributed by atoms with van der Waals surface area (Å²) in [5.41, 5.74) is 0.151. The summed E-state index contributed by atoms with van der Waals surface area (Å²) < 4.78 is 6.23. The molecule has 0 bridgehead atoms. The van der Waals surface area contributed by atoms with Crippen molar-refractivity contribution in [3.8, 4) is 5.75 Å². The Morgan fingerprint density at radius 1 is 1.29 bits per heavy atom. The molecule has 21 heavy (non-hydrogen) atoms. The normalized spacial score (nSPS) is 15.5. The van der Waals surface area contributed by atoms with Gasteiger partial charge in [0.05, 0.1) is 9.13 Å². The number of aromatic carboxylic acids is 1. The maximum atomic E-state index is 11.9. The van der Waals surface area contributed by atoms with E-state index in [1.807, 2.05) is 0 Å². The smallest absolute Gasteiger partial charge is 0.335 e. The number of nitrogens with one attached hydrogen (secondary N) is 1. The molecule has 1 aliphatic carbocycles. The SMILES string of the molecule is O=C(COc1cc(C(=O)O)ccc1I)NC1CCCCC1. The highest BCUT2D eigenvalue weighted by atomic mass is 127. The Bertz CT molecular complexity index is 526. The number of halogens is 1. The quantitative estimate of drug-likeness (QED) is 0.742. The maximum absolute atomic E-state index is 11.9. The fraction of sp³-hybridized carbons (Fsp3) is 0.467. The van der Waals surface area contributed by atoms with Crippen molar-refractivity contribution in [1.82, 2.24) is 5.32 Å². The highest BCUT2D eigenvalue weighted by Crippen LogP contribution is 2.22. The van der Waals surface area contributed by atoms with Crippen molar-refractivity contribution in [1.29, 1.82) is 0 Å². The summed E-state index contributed by atoms with van der Waals surface area (Å²) in [6.07, 6.45) is 5.60. The van der Waals surface area contributed by atoms with Crippen LogP contribution >= 0.6 is 22.6 Å². The summed E-state index contributed by atoms with van der Waals surface area (Å²) in [4.78, 5) is 22.8. The Kier molecular flexibility index (Phi) is 5.84. The van der Waals surface area contributed by atoms with Crippen molar-refractivity contribution >= 4 is 34.5 Å². The van der Waals surface area contributed by atoms with Crippen LogP contribution < -0.4 is 10.1 Å². The molecule has 114 valence electrons. The summed E-state index contributed by atoms with van der Waals surface area (Å²) in [6, 6.07) is 4.87. The predicted octanol–water partition coefficient (Wildman–Crippen LogP) is 2.82. The van der Waals surface area contributed by atoms with E-state index in [0.29, 0.717) is 5.75 Å². The third-order valence-corrected chi connectivity index (χ3v) is 4.40. The first-order chi connectivity index (χ1) is 10.1. The van der Waals surface area contributed by atoms with Crippen molar-refractivity contribution in [2.45, 2.75) is 38.1 Å². The number of rotatable bonds is 5. The Morgan fingerprint density at radius 2 is 2.00 bits per heavy atom. The second kappa shape index (κ2) is 7.63. The van der Waals surface area contributed by atoms with E-state index in [0.717, 1.165) is 29.3 Å². The van der Waals surface area contributed by atoms with Gasteiger partial charge in [-0.1, -0.05) is 19.3 Å². The van der Waals surface area contributed by atoms with E-state index < -0.39 is 5.97 Å². The fourth-order valence-corrected chi connectivity index (χ4v) is 2.90. The van der Waals surface area contributed by atoms with Crippen molar-refractivity contribution in [2.24, 2.45) is 0 Å². The molecule has 0 aromatic heterocycles. The van der Waals surface area contributed by atoms with Crippen molar-refractivity contribution in [3.63, 3.8) is 0 Å². The maximum Gasteiger partial charge on any atom is 0.335 e. The van der Waals surface area contributed by atoms with Gasteiger partial charge in [0.1, 0.15) is 5.75 Å². The minimum absolute atomic E-state index is 0.0877. The molecule has 1 amide bonds. The van der Waals surface area contributed by atoms with Crippen LogP contribution in [0.4, 0.5) is 0 Å². The fourth-order valence-electron chi connectivity index (χ4n) is 2.41. The molecule has 0 aliphatic heterocycles. The number of hydrogen-bond acceptors (Lipinski definition) is 3. The second-order valence-electron chi connectivity index (χ2n) is 5.14. The van der Waals surface area contributed by atoms with Gasteiger partial charge in [0.25, 0.3) is 5.91 Å². The van der Waals surface area contributed by atoms with Crippen LogP contribution in [-0.2, 0) is 4.79 Å². The van der Waals surface area contributed by atoms with Gasteiger partial charge in [0.2, 0.25) is 0 Å². The molecule has 6 heteroatoms. The first kappa shape index (κ1) is 16.1. The summed E-state index contributed by atoms with van der Waals surface area (Å²) in [5, 5.41) is 11.9. The van der Waals surface area contributed by atoms with Gasteiger partial charge >= 0.3 is 5.97 Å². The lowest BCUT2D eigenvalue weighted by Crippen LogP contribution is -2.39. The van der Waals surface area contributed by atoms with Gasteiger partial charge < -0.3 is 15.2 Å². The van der Waals surface area contributed by atoms with E-state index in [4.69, 9.17) is 9.84 Å². The summed E-state index contributed by atoms with van der Waals surface area (Å²) >= 11 is 2.05. The van der Waals surface area contributed by atoms with Crippen LogP contribution in [0.3, 0.4) is 0 Å². The van der Waals surface area contributed by atoms with Crippen LogP contribution in [0, 0.1) is 3.57 Å². The van der Waals surface area contributed by atoms with Crippen LogP contribution in [0.5, 0.6) is 5.75 Å². The standard InChI is InChI=1S/C15H18INO4/c16-12-7-6-10(15(19)20)8-13(12)21-9-14(18)17-11-4-2-1-3-5-11/h6-8,11H,1-5,9H2,(H,17,18)(H,19,20). The van der Waals surface area contributed by atoms with Crippen LogP contribution in [-0.4, -0.2) is 29.6 Å². The zero-order valence-corrected chi connectivity index (χ0v) is 13.8. The number of carbonyl (C=O) groups excluding carboxylic acids is 1. The molecule has 2 N–H and O–H groups in total. The molecule has 0 unspecified atom stereocenters. The third kappa shape index (κ3) is 4.87. The Balaban J connectivity index is 1.88. The molecule has 1 aliphatic rings. The lowest BCUT2D eigenvalue weighted by atomic mass is 9.95. The molecule has 1 saturated carbocycles. The van der Waals surface area contributed by atoms with Crippen molar-refractivity contribution < 1.29 is 19.4 Å². The Hall–Kier alpha value is -1.31. The van der Waals surface area contributed by atoms with Gasteiger partial charge in [-0.3, -0.25) is 4.79 Å². The minimum Gasteiger partial charge on any atom is -0.483 e. The lowest BCUT2D eigenvalue weighted by molar-refractivity contribution is -0.124. The number of carboxylic acid groups (broad SMARTS) is 1. The van der Waals surface area contributed by atoms with Gasteiger partial charge in [-0.25, -0.2) is 4.79 Å². The molecule has 2 rings (SSSR count).